The van der Waals surface area contributed by atoms with E-state index in [2.05, 4.69) is 4.18 Å². The van der Waals surface area contributed by atoms with Crippen molar-refractivity contribution in [2.24, 2.45) is 0 Å². The first kappa shape index (κ1) is 15.5. The molecule has 18 heavy (non-hydrogen) atoms. The Labute approximate surface area is 106 Å². The van der Waals surface area contributed by atoms with Crippen molar-refractivity contribution < 1.29 is 32.0 Å². The van der Waals surface area contributed by atoms with Crippen LogP contribution in [-0.4, -0.2) is 56.3 Å². The molecule has 1 saturated heterocycles. The zero-order chi connectivity index (χ0) is 14.1. The molecule has 1 N–H and O–H groups in total. The van der Waals surface area contributed by atoms with Crippen LogP contribution in [0.5, 0.6) is 0 Å². The van der Waals surface area contributed by atoms with Crippen molar-refractivity contribution in [2.45, 2.75) is 44.9 Å². The van der Waals surface area contributed by atoms with Crippen molar-refractivity contribution >= 4 is 15.9 Å². The molecule has 0 radical (unpaired) electrons. The van der Waals surface area contributed by atoms with E-state index in [9.17, 15) is 18.3 Å². The second-order valence-electron chi connectivity index (χ2n) is 4.69. The molecule has 7 nitrogen and oxygen atoms in total. The largest absolute Gasteiger partial charge is 0.388 e. The summed E-state index contributed by atoms with van der Waals surface area (Å²) in [4.78, 5) is 11.4. The van der Waals surface area contributed by atoms with Gasteiger partial charge in [-0.1, -0.05) is 0 Å². The summed E-state index contributed by atoms with van der Waals surface area (Å²) in [6.07, 6.45) is -2.27. The first-order valence-corrected chi connectivity index (χ1v) is 7.22. The topological polar surface area (TPSA) is 99.1 Å². The maximum Gasteiger partial charge on any atom is 0.264 e. The molecule has 1 aliphatic rings. The zero-order valence-electron chi connectivity index (χ0n) is 10.7. The number of aliphatic hydroxyl groups is 1. The van der Waals surface area contributed by atoms with Gasteiger partial charge in [0.15, 0.2) is 11.6 Å². The van der Waals surface area contributed by atoms with E-state index in [-0.39, 0.29) is 5.78 Å². The van der Waals surface area contributed by atoms with Crippen LogP contribution >= 0.6 is 0 Å². The zero-order valence-corrected chi connectivity index (χ0v) is 11.6. The molecule has 0 aromatic carbocycles. The highest BCUT2D eigenvalue weighted by molar-refractivity contribution is 7.85. The number of ether oxygens (including phenoxy) is 2. The maximum atomic E-state index is 11.4. The molecule has 0 aliphatic carbocycles. The van der Waals surface area contributed by atoms with Gasteiger partial charge in [-0.25, -0.2) is 0 Å². The molecule has 0 saturated carbocycles. The predicted molar refractivity (Wildman–Crippen MR) is 61.3 cm³/mol. The second kappa shape index (κ2) is 5.22. The number of aliphatic hydroxyl groups excluding tert-OH is 1. The van der Waals surface area contributed by atoms with Gasteiger partial charge >= 0.3 is 0 Å². The van der Waals surface area contributed by atoms with Crippen LogP contribution in [-0.2, 0) is 28.6 Å². The number of hydrogen-bond acceptors (Lipinski definition) is 7. The summed E-state index contributed by atoms with van der Waals surface area (Å²) in [5.41, 5.74) is 0. The number of carbonyl (C=O) groups excluding carboxylic acids is 1. The van der Waals surface area contributed by atoms with Crippen LogP contribution in [0.4, 0.5) is 0 Å². The van der Waals surface area contributed by atoms with Crippen LogP contribution in [0.3, 0.4) is 0 Å². The Hall–Kier alpha value is -0.540. The molecule has 0 amide bonds. The highest BCUT2D eigenvalue weighted by Crippen LogP contribution is 2.30. The first-order valence-electron chi connectivity index (χ1n) is 5.40. The molecule has 1 heterocycles. The predicted octanol–water partition coefficient (Wildman–Crippen LogP) is -0.567. The third-order valence-electron chi connectivity index (χ3n) is 2.36. The molecule has 1 fully saturated rings. The van der Waals surface area contributed by atoms with E-state index >= 15 is 0 Å². The summed E-state index contributed by atoms with van der Waals surface area (Å²) in [6.45, 7) is 4.04. The van der Waals surface area contributed by atoms with Crippen LogP contribution in [0.1, 0.15) is 20.8 Å². The number of ketones is 1. The van der Waals surface area contributed by atoms with Gasteiger partial charge in [0.1, 0.15) is 18.3 Å². The number of rotatable bonds is 5. The Morgan fingerprint density at radius 1 is 1.44 bits per heavy atom. The second-order valence-corrected chi connectivity index (χ2v) is 6.33. The van der Waals surface area contributed by atoms with E-state index in [1.54, 1.807) is 13.8 Å². The van der Waals surface area contributed by atoms with Gasteiger partial charge in [0, 0.05) is 0 Å². The van der Waals surface area contributed by atoms with Gasteiger partial charge in [0.2, 0.25) is 0 Å². The summed E-state index contributed by atoms with van der Waals surface area (Å²) >= 11 is 0. The molecule has 0 aromatic rings. The van der Waals surface area contributed by atoms with Crippen LogP contribution in [0.2, 0.25) is 0 Å². The van der Waals surface area contributed by atoms with Crippen LogP contribution in [0.15, 0.2) is 0 Å². The standard InChI is InChI=1S/C10H18O7S/c1-6(11)8-9(17-10(2,3)16-8)7(12)5-15-18(4,13)14/h7-9,12H,5H2,1-4H3/t7-,8-,9+/m0/s1. The van der Waals surface area contributed by atoms with Gasteiger partial charge in [-0.15, -0.1) is 0 Å². The molecule has 0 spiro atoms. The van der Waals surface area contributed by atoms with Crippen molar-refractivity contribution in [3.8, 4) is 0 Å². The fourth-order valence-electron chi connectivity index (χ4n) is 1.67. The lowest BCUT2D eigenvalue weighted by Gasteiger charge is -2.20. The van der Waals surface area contributed by atoms with Crippen molar-refractivity contribution in [3.05, 3.63) is 0 Å². The third kappa shape index (κ3) is 4.29. The number of carbonyl (C=O) groups is 1. The summed E-state index contributed by atoms with van der Waals surface area (Å²) in [5, 5.41) is 9.82. The molecule has 0 bridgehead atoms. The van der Waals surface area contributed by atoms with Crippen LogP contribution in [0, 0.1) is 0 Å². The van der Waals surface area contributed by atoms with Gasteiger partial charge < -0.3 is 14.6 Å². The monoisotopic (exact) mass is 282 g/mol. The van der Waals surface area contributed by atoms with Gasteiger partial charge in [-0.05, 0) is 20.8 Å². The number of hydrogen-bond donors (Lipinski definition) is 1. The molecule has 1 rings (SSSR count). The smallest absolute Gasteiger partial charge is 0.264 e. The molecule has 8 heteroatoms. The van der Waals surface area contributed by atoms with Crippen LogP contribution in [0.25, 0.3) is 0 Å². The average molecular weight is 282 g/mol. The van der Waals surface area contributed by atoms with Gasteiger partial charge in [-0.3, -0.25) is 8.98 Å². The van der Waals surface area contributed by atoms with Gasteiger partial charge in [-0.2, -0.15) is 8.42 Å². The summed E-state index contributed by atoms with van der Waals surface area (Å²) in [6, 6.07) is 0. The fourth-order valence-corrected chi connectivity index (χ4v) is 2.06. The highest BCUT2D eigenvalue weighted by Gasteiger charge is 2.47. The average Bonchev–Trinajstić information content (AvgIpc) is 2.50. The molecule has 0 unspecified atom stereocenters. The van der Waals surface area contributed by atoms with Crippen molar-refractivity contribution in [1.82, 2.24) is 0 Å². The Morgan fingerprint density at radius 3 is 2.44 bits per heavy atom. The Morgan fingerprint density at radius 2 is 2.00 bits per heavy atom. The van der Waals surface area contributed by atoms with E-state index in [4.69, 9.17) is 9.47 Å². The minimum absolute atomic E-state index is 0.302. The number of Topliss-reactive ketones (excluding diaryl/α,β-unsaturated/α-hetero) is 1. The Bertz CT molecular complexity index is 414. The SMILES string of the molecule is CC(=O)[C@@H]1OC(C)(C)O[C@@H]1[C@@H](O)COS(C)(=O)=O. The van der Waals surface area contributed by atoms with Crippen molar-refractivity contribution in [2.75, 3.05) is 12.9 Å². The minimum Gasteiger partial charge on any atom is -0.388 e. The fraction of sp³-hybridized carbons (Fsp3) is 0.900. The summed E-state index contributed by atoms with van der Waals surface area (Å²) < 4.78 is 36.8. The van der Waals surface area contributed by atoms with E-state index in [1.165, 1.54) is 6.92 Å². The molecule has 3 atom stereocenters. The van der Waals surface area contributed by atoms with Crippen molar-refractivity contribution in [3.63, 3.8) is 0 Å². The van der Waals surface area contributed by atoms with Gasteiger partial charge in [0.05, 0.1) is 12.9 Å². The van der Waals surface area contributed by atoms with E-state index in [0.29, 0.717) is 0 Å². The normalized spacial score (nSPS) is 29.2. The lowest BCUT2D eigenvalue weighted by atomic mass is 10.1. The first-order chi connectivity index (χ1) is 8.02. The minimum atomic E-state index is -3.66. The van der Waals surface area contributed by atoms with E-state index in [0.717, 1.165) is 6.26 Å². The lowest BCUT2D eigenvalue weighted by Crippen LogP contribution is -2.41. The molecule has 1 aliphatic heterocycles. The Kier molecular flexibility index (Phi) is 4.50. The maximum absolute atomic E-state index is 11.4. The lowest BCUT2D eigenvalue weighted by molar-refractivity contribution is -0.159. The van der Waals surface area contributed by atoms with E-state index in [1.807, 2.05) is 0 Å². The van der Waals surface area contributed by atoms with E-state index < -0.39 is 40.8 Å². The molecular formula is C10H18O7S. The molecule has 0 aromatic heterocycles. The third-order valence-corrected chi connectivity index (χ3v) is 2.93. The molecular weight excluding hydrogens is 264 g/mol. The van der Waals surface area contributed by atoms with Crippen molar-refractivity contribution in [1.29, 1.82) is 0 Å². The van der Waals surface area contributed by atoms with Gasteiger partial charge in [0.25, 0.3) is 10.1 Å². The highest BCUT2D eigenvalue weighted by atomic mass is 32.2. The summed E-state index contributed by atoms with van der Waals surface area (Å²) in [5.74, 6) is -1.31. The van der Waals surface area contributed by atoms with Crippen LogP contribution < -0.4 is 0 Å². The quantitative estimate of drug-likeness (QED) is 0.674. The summed E-state index contributed by atoms with van der Waals surface area (Å²) in [7, 11) is -3.66. The Balaban J connectivity index is 2.71. The molecule has 106 valence electrons.